The van der Waals surface area contributed by atoms with E-state index in [1.54, 1.807) is 12.1 Å². The predicted molar refractivity (Wildman–Crippen MR) is 64.5 cm³/mol. The van der Waals surface area contributed by atoms with Gasteiger partial charge in [0.1, 0.15) is 5.69 Å². The first-order valence-electron chi connectivity index (χ1n) is 5.83. The molecule has 0 aromatic carbocycles. The maximum atomic E-state index is 11.7. The van der Waals surface area contributed by atoms with Crippen molar-refractivity contribution in [3.63, 3.8) is 0 Å². The number of aromatic nitrogens is 1. The third-order valence-electron chi connectivity index (χ3n) is 2.88. The second-order valence-corrected chi connectivity index (χ2v) is 4.25. The molecule has 1 amide bonds. The molecule has 0 aliphatic carbocycles. The summed E-state index contributed by atoms with van der Waals surface area (Å²) in [4.78, 5) is 15.7. The van der Waals surface area contributed by atoms with Gasteiger partial charge in [0.05, 0.1) is 11.9 Å². The number of nitrogens with zero attached hydrogens (tertiary/aromatic N) is 1. The van der Waals surface area contributed by atoms with Crippen LogP contribution in [0, 0.1) is 5.92 Å². The molecule has 1 fully saturated rings. The van der Waals surface area contributed by atoms with Crippen molar-refractivity contribution in [1.29, 1.82) is 0 Å². The van der Waals surface area contributed by atoms with Crippen LogP contribution in [0.1, 0.15) is 23.3 Å². The average molecular weight is 235 g/mol. The first-order valence-corrected chi connectivity index (χ1v) is 5.83. The van der Waals surface area contributed by atoms with Crippen LogP contribution in [0.2, 0.25) is 0 Å². The number of carbonyl (C=O) groups is 1. The van der Waals surface area contributed by atoms with Crippen LogP contribution < -0.4 is 11.1 Å². The van der Waals surface area contributed by atoms with Crippen LogP contribution in [0.4, 0.5) is 5.69 Å². The largest absolute Gasteiger partial charge is 0.397 e. The Hall–Kier alpha value is -1.62. The van der Waals surface area contributed by atoms with Crippen LogP contribution >= 0.6 is 0 Å². The molecule has 2 rings (SSSR count). The van der Waals surface area contributed by atoms with Gasteiger partial charge >= 0.3 is 0 Å². The van der Waals surface area contributed by atoms with Gasteiger partial charge in [0.25, 0.3) is 5.91 Å². The first-order chi connectivity index (χ1) is 8.25. The molecule has 0 bridgehead atoms. The first kappa shape index (κ1) is 11.9. The summed E-state index contributed by atoms with van der Waals surface area (Å²) >= 11 is 0. The van der Waals surface area contributed by atoms with Gasteiger partial charge in [-0.15, -0.1) is 0 Å². The van der Waals surface area contributed by atoms with Crippen molar-refractivity contribution in [2.24, 2.45) is 5.92 Å². The van der Waals surface area contributed by atoms with Gasteiger partial charge in [-0.1, -0.05) is 0 Å². The van der Waals surface area contributed by atoms with Crippen molar-refractivity contribution in [3.8, 4) is 0 Å². The second-order valence-electron chi connectivity index (χ2n) is 4.25. The van der Waals surface area contributed by atoms with E-state index >= 15 is 0 Å². The van der Waals surface area contributed by atoms with E-state index < -0.39 is 0 Å². The van der Waals surface area contributed by atoms with E-state index in [0.29, 0.717) is 23.8 Å². The minimum absolute atomic E-state index is 0.149. The Kier molecular flexibility index (Phi) is 3.93. The number of ether oxygens (including phenoxy) is 1. The Balaban J connectivity index is 1.75. The summed E-state index contributed by atoms with van der Waals surface area (Å²) in [6.07, 6.45) is 3.54. The van der Waals surface area contributed by atoms with Gasteiger partial charge in [0.2, 0.25) is 0 Å². The summed E-state index contributed by atoms with van der Waals surface area (Å²) < 4.78 is 5.27. The zero-order valence-electron chi connectivity index (χ0n) is 9.69. The number of nitrogen functional groups attached to an aromatic ring is 1. The van der Waals surface area contributed by atoms with E-state index in [2.05, 4.69) is 10.3 Å². The summed E-state index contributed by atoms with van der Waals surface area (Å²) in [5.74, 6) is 0.429. The molecule has 0 spiro atoms. The fourth-order valence-corrected chi connectivity index (χ4v) is 1.83. The molecular formula is C12H17N3O2. The van der Waals surface area contributed by atoms with Crippen LogP contribution in [0.25, 0.3) is 0 Å². The number of nitrogens with two attached hydrogens (primary N) is 1. The molecule has 92 valence electrons. The highest BCUT2D eigenvalue weighted by Crippen LogP contribution is 2.15. The normalized spacial score (nSPS) is 19.2. The van der Waals surface area contributed by atoms with Gasteiger partial charge in [-0.05, 0) is 30.9 Å². The molecule has 1 saturated heterocycles. The molecule has 3 N–H and O–H groups in total. The summed E-state index contributed by atoms with van der Waals surface area (Å²) in [6.45, 7) is 2.33. The lowest BCUT2D eigenvalue weighted by Gasteiger charge is -2.08. The van der Waals surface area contributed by atoms with Crippen molar-refractivity contribution in [1.82, 2.24) is 10.3 Å². The molecule has 1 unspecified atom stereocenters. The fourth-order valence-electron chi connectivity index (χ4n) is 1.83. The Morgan fingerprint density at radius 3 is 3.12 bits per heavy atom. The van der Waals surface area contributed by atoms with E-state index in [1.807, 2.05) is 0 Å². The number of hydrogen-bond donors (Lipinski definition) is 2. The Labute approximate surface area is 100 Å². The standard InChI is InChI=1S/C12H17N3O2/c13-10-1-2-11(15-7-10)12(16)14-5-3-9-4-6-17-8-9/h1-2,7,9H,3-6,8,13H2,(H,14,16). The molecule has 0 radical (unpaired) electrons. The highest BCUT2D eigenvalue weighted by molar-refractivity contribution is 5.92. The van der Waals surface area contributed by atoms with Gasteiger partial charge in [-0.25, -0.2) is 4.98 Å². The number of hydrogen-bond acceptors (Lipinski definition) is 4. The molecule has 5 heteroatoms. The second kappa shape index (κ2) is 5.63. The molecule has 17 heavy (non-hydrogen) atoms. The van der Waals surface area contributed by atoms with Gasteiger partial charge in [0, 0.05) is 19.8 Å². The van der Waals surface area contributed by atoms with E-state index in [4.69, 9.17) is 10.5 Å². The molecule has 2 heterocycles. The number of amides is 1. The lowest BCUT2D eigenvalue weighted by Crippen LogP contribution is -2.26. The van der Waals surface area contributed by atoms with E-state index in [-0.39, 0.29) is 5.91 Å². The maximum Gasteiger partial charge on any atom is 0.269 e. The van der Waals surface area contributed by atoms with Crippen molar-refractivity contribution in [2.75, 3.05) is 25.5 Å². The monoisotopic (exact) mass is 235 g/mol. The summed E-state index contributed by atoms with van der Waals surface area (Å²) in [6, 6.07) is 3.30. The van der Waals surface area contributed by atoms with E-state index in [9.17, 15) is 4.79 Å². The molecule has 1 atom stereocenters. The fraction of sp³-hybridized carbons (Fsp3) is 0.500. The summed E-state index contributed by atoms with van der Waals surface area (Å²) in [7, 11) is 0. The SMILES string of the molecule is Nc1ccc(C(=O)NCCC2CCOC2)nc1. The Bertz CT molecular complexity index is 372. The predicted octanol–water partition coefficient (Wildman–Crippen LogP) is 0.820. The Morgan fingerprint density at radius 2 is 2.47 bits per heavy atom. The van der Waals surface area contributed by atoms with Crippen molar-refractivity contribution in [2.45, 2.75) is 12.8 Å². The maximum absolute atomic E-state index is 11.7. The quantitative estimate of drug-likeness (QED) is 0.810. The highest BCUT2D eigenvalue weighted by Gasteiger charge is 2.15. The van der Waals surface area contributed by atoms with Crippen LogP contribution in [0.15, 0.2) is 18.3 Å². The minimum atomic E-state index is -0.149. The molecule has 1 aliphatic rings. The van der Waals surface area contributed by atoms with Crippen LogP contribution in [-0.2, 0) is 4.74 Å². The van der Waals surface area contributed by atoms with Gasteiger partial charge in [-0.3, -0.25) is 4.79 Å². The van der Waals surface area contributed by atoms with Gasteiger partial charge < -0.3 is 15.8 Å². The highest BCUT2D eigenvalue weighted by atomic mass is 16.5. The molecule has 1 aromatic rings. The molecule has 0 saturated carbocycles. The minimum Gasteiger partial charge on any atom is -0.397 e. The van der Waals surface area contributed by atoms with Crippen LogP contribution in [-0.4, -0.2) is 30.6 Å². The average Bonchev–Trinajstić information content (AvgIpc) is 2.83. The van der Waals surface area contributed by atoms with Crippen molar-refractivity contribution in [3.05, 3.63) is 24.0 Å². The van der Waals surface area contributed by atoms with Crippen LogP contribution in [0.3, 0.4) is 0 Å². The number of anilines is 1. The number of pyridine rings is 1. The van der Waals surface area contributed by atoms with Crippen molar-refractivity contribution < 1.29 is 9.53 Å². The zero-order valence-corrected chi connectivity index (χ0v) is 9.69. The Morgan fingerprint density at radius 1 is 1.59 bits per heavy atom. The van der Waals surface area contributed by atoms with Crippen molar-refractivity contribution >= 4 is 11.6 Å². The zero-order chi connectivity index (χ0) is 12.1. The summed E-state index contributed by atoms with van der Waals surface area (Å²) in [5.41, 5.74) is 6.47. The number of rotatable bonds is 4. The third kappa shape index (κ3) is 3.42. The third-order valence-corrected chi connectivity index (χ3v) is 2.88. The van der Waals surface area contributed by atoms with E-state index in [0.717, 1.165) is 26.1 Å². The van der Waals surface area contributed by atoms with E-state index in [1.165, 1.54) is 6.20 Å². The van der Waals surface area contributed by atoms with Gasteiger partial charge in [0.15, 0.2) is 0 Å². The lowest BCUT2D eigenvalue weighted by molar-refractivity contribution is 0.0945. The molecule has 1 aromatic heterocycles. The molecule has 1 aliphatic heterocycles. The van der Waals surface area contributed by atoms with Crippen LogP contribution in [0.5, 0.6) is 0 Å². The molecule has 5 nitrogen and oxygen atoms in total. The smallest absolute Gasteiger partial charge is 0.269 e. The van der Waals surface area contributed by atoms with Gasteiger partial charge in [-0.2, -0.15) is 0 Å². The number of carbonyl (C=O) groups excluding carboxylic acids is 1. The summed E-state index contributed by atoms with van der Waals surface area (Å²) in [5, 5.41) is 2.85. The lowest BCUT2D eigenvalue weighted by atomic mass is 10.1. The topological polar surface area (TPSA) is 77.2 Å². The molecular weight excluding hydrogens is 218 g/mol. The number of nitrogens with one attached hydrogen (secondary N) is 1.